The van der Waals surface area contributed by atoms with Gasteiger partial charge in [-0.3, -0.25) is 4.98 Å². The minimum Gasteiger partial charge on any atom is -0.383 e. The van der Waals surface area contributed by atoms with Crippen LogP contribution in [0.3, 0.4) is 0 Å². The second kappa shape index (κ2) is 6.03. The summed E-state index contributed by atoms with van der Waals surface area (Å²) < 4.78 is 11.0. The number of rotatable bonds is 5. The van der Waals surface area contributed by atoms with E-state index in [0.29, 0.717) is 24.7 Å². The van der Waals surface area contributed by atoms with Crippen molar-refractivity contribution < 1.29 is 9.26 Å². The summed E-state index contributed by atoms with van der Waals surface area (Å²) in [5, 5.41) is 3.90. The zero-order valence-corrected chi connectivity index (χ0v) is 11.4. The predicted octanol–water partition coefficient (Wildman–Crippen LogP) is 1.41. The molecule has 0 amide bonds. The molecule has 6 nitrogen and oxygen atoms in total. The first-order valence-electron chi connectivity index (χ1n) is 5.37. The number of nitrogens with zero attached hydrogens (tertiary/aromatic N) is 3. The third kappa shape index (κ3) is 3.34. The second-order valence-corrected chi connectivity index (χ2v) is 4.74. The van der Waals surface area contributed by atoms with Gasteiger partial charge in [0.2, 0.25) is 11.7 Å². The van der Waals surface area contributed by atoms with Gasteiger partial charge in [-0.2, -0.15) is 4.98 Å². The molecule has 0 spiro atoms. The van der Waals surface area contributed by atoms with Crippen molar-refractivity contribution in [1.29, 1.82) is 0 Å². The van der Waals surface area contributed by atoms with Gasteiger partial charge in [0, 0.05) is 42.0 Å². The summed E-state index contributed by atoms with van der Waals surface area (Å²) in [5.74, 6) is 0.998. The van der Waals surface area contributed by atoms with Crippen LogP contribution >= 0.6 is 15.9 Å². The van der Waals surface area contributed by atoms with E-state index in [1.807, 2.05) is 6.07 Å². The molecule has 96 valence electrons. The Morgan fingerprint density at radius 3 is 3.06 bits per heavy atom. The number of aromatic nitrogens is 3. The molecule has 1 unspecified atom stereocenters. The van der Waals surface area contributed by atoms with E-state index in [9.17, 15) is 0 Å². The average molecular weight is 313 g/mol. The SMILES string of the molecule is COCC(N)Cc1nc(-c2cncc(Br)c2)no1. The number of pyridine rings is 1. The standard InChI is InChI=1S/C11H13BrN4O2/c1-17-6-9(13)3-10-15-11(16-18-10)7-2-8(12)5-14-4-7/h2,4-5,9H,3,6,13H2,1H3. The van der Waals surface area contributed by atoms with Crippen LogP contribution in [0.5, 0.6) is 0 Å². The molecule has 0 fully saturated rings. The van der Waals surface area contributed by atoms with E-state index in [1.54, 1.807) is 19.5 Å². The minimum atomic E-state index is -0.149. The van der Waals surface area contributed by atoms with Gasteiger partial charge in [-0.1, -0.05) is 5.16 Å². The molecule has 0 bridgehead atoms. The van der Waals surface area contributed by atoms with Crippen LogP contribution in [-0.4, -0.2) is 34.9 Å². The fourth-order valence-corrected chi connectivity index (χ4v) is 1.85. The fourth-order valence-electron chi connectivity index (χ4n) is 1.49. The van der Waals surface area contributed by atoms with Crippen molar-refractivity contribution >= 4 is 15.9 Å². The number of nitrogens with two attached hydrogens (primary N) is 1. The van der Waals surface area contributed by atoms with Crippen molar-refractivity contribution in [2.45, 2.75) is 12.5 Å². The van der Waals surface area contributed by atoms with E-state index in [2.05, 4.69) is 31.1 Å². The van der Waals surface area contributed by atoms with Crippen LogP contribution in [0.1, 0.15) is 5.89 Å². The Labute approximate surface area is 113 Å². The fraction of sp³-hybridized carbons (Fsp3) is 0.364. The molecular formula is C11H13BrN4O2. The lowest BCUT2D eigenvalue weighted by molar-refractivity contribution is 0.176. The van der Waals surface area contributed by atoms with Gasteiger partial charge in [-0.05, 0) is 22.0 Å². The number of ether oxygens (including phenoxy) is 1. The maximum absolute atomic E-state index is 5.82. The predicted molar refractivity (Wildman–Crippen MR) is 68.8 cm³/mol. The average Bonchev–Trinajstić information content (AvgIpc) is 2.78. The van der Waals surface area contributed by atoms with Crippen LogP contribution in [0.4, 0.5) is 0 Å². The number of hydrogen-bond acceptors (Lipinski definition) is 6. The van der Waals surface area contributed by atoms with Crippen LogP contribution in [0, 0.1) is 0 Å². The van der Waals surface area contributed by atoms with Gasteiger partial charge in [-0.15, -0.1) is 0 Å². The van der Waals surface area contributed by atoms with E-state index in [1.165, 1.54) is 0 Å². The Hall–Kier alpha value is -1.31. The molecule has 7 heteroatoms. The Balaban J connectivity index is 2.10. The third-order valence-electron chi connectivity index (χ3n) is 2.25. The van der Waals surface area contributed by atoms with Gasteiger partial charge in [0.1, 0.15) is 0 Å². The van der Waals surface area contributed by atoms with E-state index in [0.717, 1.165) is 10.0 Å². The monoisotopic (exact) mass is 312 g/mol. The van der Waals surface area contributed by atoms with Crippen molar-refractivity contribution in [3.05, 3.63) is 28.8 Å². The van der Waals surface area contributed by atoms with Gasteiger partial charge in [-0.25, -0.2) is 0 Å². The molecule has 0 saturated heterocycles. The maximum atomic E-state index is 5.82. The van der Waals surface area contributed by atoms with Crippen LogP contribution in [0.25, 0.3) is 11.4 Å². The first kappa shape index (κ1) is 13.1. The van der Waals surface area contributed by atoms with Crippen molar-refractivity contribution in [2.24, 2.45) is 5.73 Å². The lowest BCUT2D eigenvalue weighted by atomic mass is 10.2. The van der Waals surface area contributed by atoms with Gasteiger partial charge < -0.3 is 15.0 Å². The Bertz CT molecular complexity index is 517. The minimum absolute atomic E-state index is 0.149. The van der Waals surface area contributed by atoms with Crippen molar-refractivity contribution in [3.63, 3.8) is 0 Å². The molecule has 0 saturated carbocycles. The second-order valence-electron chi connectivity index (χ2n) is 3.82. The van der Waals surface area contributed by atoms with E-state index < -0.39 is 0 Å². The quantitative estimate of drug-likeness (QED) is 0.898. The summed E-state index contributed by atoms with van der Waals surface area (Å²) in [6.07, 6.45) is 3.86. The highest BCUT2D eigenvalue weighted by atomic mass is 79.9. The lowest BCUT2D eigenvalue weighted by Gasteiger charge is -2.05. The van der Waals surface area contributed by atoms with Gasteiger partial charge in [0.25, 0.3) is 0 Å². The van der Waals surface area contributed by atoms with Gasteiger partial charge in [0.05, 0.1) is 6.61 Å². The van der Waals surface area contributed by atoms with Crippen molar-refractivity contribution in [3.8, 4) is 11.4 Å². The van der Waals surface area contributed by atoms with Gasteiger partial charge in [0.15, 0.2) is 0 Å². The summed E-state index contributed by atoms with van der Waals surface area (Å²) in [7, 11) is 1.60. The molecule has 2 aromatic rings. The van der Waals surface area contributed by atoms with Crippen LogP contribution in [-0.2, 0) is 11.2 Å². The van der Waals surface area contributed by atoms with Crippen molar-refractivity contribution in [2.75, 3.05) is 13.7 Å². The highest BCUT2D eigenvalue weighted by Gasteiger charge is 2.12. The van der Waals surface area contributed by atoms with E-state index >= 15 is 0 Å². The first-order chi connectivity index (χ1) is 8.69. The lowest BCUT2D eigenvalue weighted by Crippen LogP contribution is -2.28. The van der Waals surface area contributed by atoms with Gasteiger partial charge >= 0.3 is 0 Å². The molecule has 0 radical (unpaired) electrons. The van der Waals surface area contributed by atoms with Crippen LogP contribution in [0.15, 0.2) is 27.5 Å². The topological polar surface area (TPSA) is 87.1 Å². The molecule has 0 aliphatic carbocycles. The molecule has 1 atom stereocenters. The highest BCUT2D eigenvalue weighted by molar-refractivity contribution is 9.10. The van der Waals surface area contributed by atoms with Crippen LogP contribution in [0.2, 0.25) is 0 Å². The molecule has 18 heavy (non-hydrogen) atoms. The molecule has 0 aromatic carbocycles. The summed E-state index contributed by atoms with van der Waals surface area (Å²) in [6.45, 7) is 0.455. The first-order valence-corrected chi connectivity index (χ1v) is 6.16. The molecule has 2 aromatic heterocycles. The van der Waals surface area contributed by atoms with E-state index in [-0.39, 0.29) is 6.04 Å². The Morgan fingerprint density at radius 2 is 2.33 bits per heavy atom. The zero-order valence-electron chi connectivity index (χ0n) is 9.84. The zero-order chi connectivity index (χ0) is 13.0. The molecule has 2 N–H and O–H groups in total. The Kier molecular flexibility index (Phi) is 4.40. The normalized spacial score (nSPS) is 12.6. The van der Waals surface area contributed by atoms with Crippen LogP contribution < -0.4 is 5.73 Å². The number of halogens is 1. The molecule has 0 aliphatic heterocycles. The highest BCUT2D eigenvalue weighted by Crippen LogP contribution is 2.19. The number of methoxy groups -OCH3 is 1. The maximum Gasteiger partial charge on any atom is 0.228 e. The molecular weight excluding hydrogens is 300 g/mol. The van der Waals surface area contributed by atoms with E-state index in [4.69, 9.17) is 15.0 Å². The Morgan fingerprint density at radius 1 is 1.50 bits per heavy atom. The van der Waals surface area contributed by atoms with Crippen molar-refractivity contribution in [1.82, 2.24) is 15.1 Å². The molecule has 2 heterocycles. The summed E-state index contributed by atoms with van der Waals surface area (Å²) >= 11 is 3.34. The summed E-state index contributed by atoms with van der Waals surface area (Å²) in [4.78, 5) is 8.32. The molecule has 2 rings (SSSR count). The molecule has 0 aliphatic rings. The summed E-state index contributed by atoms with van der Waals surface area (Å²) in [5.41, 5.74) is 6.61. The largest absolute Gasteiger partial charge is 0.383 e. The third-order valence-corrected chi connectivity index (χ3v) is 2.68. The smallest absolute Gasteiger partial charge is 0.228 e. The summed E-state index contributed by atoms with van der Waals surface area (Å²) in [6, 6.07) is 1.72. The number of hydrogen-bond donors (Lipinski definition) is 1.